The van der Waals surface area contributed by atoms with E-state index in [1.54, 1.807) is 0 Å². The number of carbonyl (C=O) groups is 1. The van der Waals surface area contributed by atoms with E-state index in [0.29, 0.717) is 6.54 Å². The van der Waals surface area contributed by atoms with Gasteiger partial charge in [-0.2, -0.15) is 5.26 Å². The molecule has 1 rings (SSSR count). The first-order valence-electron chi connectivity index (χ1n) is 6.40. The highest BCUT2D eigenvalue weighted by atomic mass is 16.1. The normalized spacial score (nSPS) is 11.6. The predicted molar refractivity (Wildman–Crippen MR) is 72.1 cm³/mol. The second-order valence-electron chi connectivity index (χ2n) is 4.50. The minimum atomic E-state index is -0.354. The van der Waals surface area contributed by atoms with Gasteiger partial charge in [0.2, 0.25) is 5.91 Å². The number of unbranched alkanes of at least 4 members (excludes halogenated alkanes) is 1. The molecular formula is C15H20N2O. The van der Waals surface area contributed by atoms with Crippen LogP contribution in [0.15, 0.2) is 24.3 Å². The van der Waals surface area contributed by atoms with E-state index in [0.717, 1.165) is 24.0 Å². The van der Waals surface area contributed by atoms with Crippen molar-refractivity contribution >= 4 is 5.91 Å². The summed E-state index contributed by atoms with van der Waals surface area (Å²) in [5, 5.41) is 12.0. The van der Waals surface area contributed by atoms with Gasteiger partial charge in [0.1, 0.15) is 0 Å². The fraction of sp³-hybridized carbons (Fsp3) is 0.467. The Hall–Kier alpha value is -1.82. The lowest BCUT2D eigenvalue weighted by molar-refractivity contribution is -0.121. The highest BCUT2D eigenvalue weighted by Crippen LogP contribution is 2.19. The van der Waals surface area contributed by atoms with Crippen molar-refractivity contribution in [2.24, 2.45) is 0 Å². The van der Waals surface area contributed by atoms with Gasteiger partial charge in [0, 0.05) is 13.0 Å². The van der Waals surface area contributed by atoms with Crippen LogP contribution in [0, 0.1) is 18.3 Å². The first-order chi connectivity index (χ1) is 8.67. The van der Waals surface area contributed by atoms with Gasteiger partial charge < -0.3 is 5.32 Å². The molecule has 0 heterocycles. The minimum Gasteiger partial charge on any atom is -0.356 e. The van der Waals surface area contributed by atoms with Crippen LogP contribution in [0.5, 0.6) is 0 Å². The maximum Gasteiger partial charge on any atom is 0.221 e. The van der Waals surface area contributed by atoms with Crippen LogP contribution < -0.4 is 5.32 Å². The van der Waals surface area contributed by atoms with Gasteiger partial charge in [0.05, 0.1) is 12.0 Å². The molecule has 0 fully saturated rings. The van der Waals surface area contributed by atoms with Gasteiger partial charge in [0.15, 0.2) is 0 Å². The lowest BCUT2D eigenvalue weighted by atomic mass is 9.96. The maximum atomic E-state index is 11.7. The summed E-state index contributed by atoms with van der Waals surface area (Å²) >= 11 is 0. The molecule has 0 saturated carbocycles. The summed E-state index contributed by atoms with van der Waals surface area (Å²) in [5.41, 5.74) is 2.07. The number of hydrogen-bond donors (Lipinski definition) is 1. The highest BCUT2D eigenvalue weighted by molar-refractivity contribution is 5.77. The zero-order valence-corrected chi connectivity index (χ0v) is 11.1. The molecule has 0 aliphatic heterocycles. The van der Waals surface area contributed by atoms with Crippen molar-refractivity contribution in [3.05, 3.63) is 35.4 Å². The molecule has 0 aromatic heterocycles. The summed E-state index contributed by atoms with van der Waals surface area (Å²) in [6.45, 7) is 4.78. The smallest absolute Gasteiger partial charge is 0.221 e. The van der Waals surface area contributed by atoms with Gasteiger partial charge in [-0.25, -0.2) is 0 Å². The van der Waals surface area contributed by atoms with E-state index in [4.69, 9.17) is 5.26 Å². The molecule has 0 bridgehead atoms. The van der Waals surface area contributed by atoms with E-state index in [1.165, 1.54) is 0 Å². The van der Waals surface area contributed by atoms with Gasteiger partial charge in [0.25, 0.3) is 0 Å². The maximum absolute atomic E-state index is 11.7. The molecule has 0 aliphatic carbocycles. The molecule has 0 radical (unpaired) electrons. The largest absolute Gasteiger partial charge is 0.356 e. The zero-order chi connectivity index (χ0) is 13.4. The van der Waals surface area contributed by atoms with Gasteiger partial charge >= 0.3 is 0 Å². The first kappa shape index (κ1) is 14.2. The van der Waals surface area contributed by atoms with Crippen molar-refractivity contribution in [1.82, 2.24) is 5.32 Å². The third kappa shape index (κ3) is 4.58. The second-order valence-corrected chi connectivity index (χ2v) is 4.50. The van der Waals surface area contributed by atoms with Gasteiger partial charge in [-0.1, -0.05) is 43.2 Å². The van der Waals surface area contributed by atoms with E-state index < -0.39 is 0 Å². The van der Waals surface area contributed by atoms with Crippen LogP contribution in [0.25, 0.3) is 0 Å². The van der Waals surface area contributed by atoms with E-state index in [1.807, 2.05) is 31.2 Å². The summed E-state index contributed by atoms with van der Waals surface area (Å²) in [4.78, 5) is 11.7. The molecule has 1 amide bonds. The summed E-state index contributed by atoms with van der Waals surface area (Å²) in [7, 11) is 0. The number of nitrogens with one attached hydrogen (secondary N) is 1. The van der Waals surface area contributed by atoms with Crippen molar-refractivity contribution in [2.75, 3.05) is 6.54 Å². The van der Waals surface area contributed by atoms with Crippen molar-refractivity contribution in [1.29, 1.82) is 5.26 Å². The Morgan fingerprint density at radius 2 is 2.06 bits per heavy atom. The number of nitrogens with zero attached hydrogens (tertiary/aromatic N) is 1. The van der Waals surface area contributed by atoms with Crippen LogP contribution in [0.1, 0.15) is 43.2 Å². The van der Waals surface area contributed by atoms with E-state index in [-0.39, 0.29) is 18.2 Å². The number of benzene rings is 1. The molecule has 18 heavy (non-hydrogen) atoms. The highest BCUT2D eigenvalue weighted by Gasteiger charge is 2.14. The average Bonchev–Trinajstić information content (AvgIpc) is 2.37. The number of nitriles is 1. The Kier molecular flexibility index (Phi) is 5.93. The Morgan fingerprint density at radius 3 is 2.61 bits per heavy atom. The molecule has 1 unspecified atom stereocenters. The van der Waals surface area contributed by atoms with Crippen LogP contribution >= 0.6 is 0 Å². The van der Waals surface area contributed by atoms with E-state index >= 15 is 0 Å². The summed E-state index contributed by atoms with van der Waals surface area (Å²) in [6.07, 6.45) is 2.27. The van der Waals surface area contributed by atoms with Crippen molar-refractivity contribution in [2.45, 2.75) is 39.0 Å². The standard InChI is InChI=1S/C15H20N2O/c1-3-4-9-17-15(18)10-14(11-16)13-7-5-12(2)6-8-13/h5-8,14H,3-4,9-10H2,1-2H3,(H,17,18). The monoisotopic (exact) mass is 244 g/mol. The number of carbonyl (C=O) groups excluding carboxylic acids is 1. The minimum absolute atomic E-state index is 0.0458. The average molecular weight is 244 g/mol. The van der Waals surface area contributed by atoms with Crippen LogP contribution in [0.3, 0.4) is 0 Å². The van der Waals surface area contributed by atoms with Crippen LogP contribution in [0.2, 0.25) is 0 Å². The Bertz CT molecular complexity index is 417. The molecule has 3 nitrogen and oxygen atoms in total. The lowest BCUT2D eigenvalue weighted by Crippen LogP contribution is -2.25. The Balaban J connectivity index is 2.54. The van der Waals surface area contributed by atoms with Gasteiger partial charge in [-0.3, -0.25) is 4.79 Å². The fourth-order valence-corrected chi connectivity index (χ4v) is 1.70. The number of aryl methyl sites for hydroxylation is 1. The molecule has 1 aromatic carbocycles. The second kappa shape index (κ2) is 7.50. The zero-order valence-electron chi connectivity index (χ0n) is 11.1. The molecular weight excluding hydrogens is 224 g/mol. The number of rotatable bonds is 6. The molecule has 1 atom stereocenters. The van der Waals surface area contributed by atoms with E-state index in [2.05, 4.69) is 18.3 Å². The molecule has 3 heteroatoms. The van der Waals surface area contributed by atoms with E-state index in [9.17, 15) is 4.79 Å². The predicted octanol–water partition coefficient (Wildman–Crippen LogP) is 2.91. The van der Waals surface area contributed by atoms with Crippen molar-refractivity contribution < 1.29 is 4.79 Å². The van der Waals surface area contributed by atoms with Crippen LogP contribution in [0.4, 0.5) is 0 Å². The SMILES string of the molecule is CCCCNC(=O)CC(C#N)c1ccc(C)cc1. The van der Waals surface area contributed by atoms with Crippen molar-refractivity contribution in [3.8, 4) is 6.07 Å². The summed E-state index contributed by atoms with van der Waals surface area (Å²) < 4.78 is 0. The van der Waals surface area contributed by atoms with Crippen molar-refractivity contribution in [3.63, 3.8) is 0 Å². The molecule has 0 spiro atoms. The molecule has 96 valence electrons. The topological polar surface area (TPSA) is 52.9 Å². The quantitative estimate of drug-likeness (QED) is 0.782. The Morgan fingerprint density at radius 1 is 1.39 bits per heavy atom. The number of hydrogen-bond acceptors (Lipinski definition) is 2. The van der Waals surface area contributed by atoms with Crippen LogP contribution in [-0.4, -0.2) is 12.5 Å². The lowest BCUT2D eigenvalue weighted by Gasteiger charge is -2.10. The Labute approximate surface area is 109 Å². The third-order valence-electron chi connectivity index (χ3n) is 2.88. The molecule has 0 aliphatic rings. The molecule has 1 N–H and O–H groups in total. The summed E-state index contributed by atoms with van der Waals surface area (Å²) in [5.74, 6) is -0.400. The molecule has 1 aromatic rings. The molecule has 0 saturated heterocycles. The third-order valence-corrected chi connectivity index (χ3v) is 2.88. The fourth-order valence-electron chi connectivity index (χ4n) is 1.70. The van der Waals surface area contributed by atoms with Crippen LogP contribution in [-0.2, 0) is 4.79 Å². The van der Waals surface area contributed by atoms with Gasteiger partial charge in [-0.05, 0) is 18.9 Å². The first-order valence-corrected chi connectivity index (χ1v) is 6.40. The number of amides is 1. The summed E-state index contributed by atoms with van der Waals surface area (Å²) in [6, 6.07) is 9.97. The van der Waals surface area contributed by atoms with Gasteiger partial charge in [-0.15, -0.1) is 0 Å².